The molecule has 0 aromatic heterocycles. The molecule has 0 bridgehead atoms. The zero-order valence-corrected chi connectivity index (χ0v) is 11.0. The van der Waals surface area contributed by atoms with E-state index in [4.69, 9.17) is 28.4 Å². The maximum Gasteiger partial charge on any atom is 0.0911 e. The molecule has 0 aliphatic rings. The van der Waals surface area contributed by atoms with E-state index in [0.717, 1.165) is 11.1 Å². The summed E-state index contributed by atoms with van der Waals surface area (Å²) in [5.41, 5.74) is 2.47. The zero-order valence-electron chi connectivity index (χ0n) is 9.48. The second-order valence-corrected chi connectivity index (χ2v) is 4.73. The predicted molar refractivity (Wildman–Crippen MR) is 74.9 cm³/mol. The Balaban J connectivity index is 2.20. The monoisotopic (exact) mass is 279 g/mol. The first kappa shape index (κ1) is 12.9. The molecule has 0 saturated heterocycles. The number of nitrogens with zero attached hydrogens (tertiary/aromatic N) is 1. The van der Waals surface area contributed by atoms with Gasteiger partial charge >= 0.3 is 0 Å². The Morgan fingerprint density at radius 2 is 1.39 bits per heavy atom. The highest BCUT2D eigenvalue weighted by Gasteiger charge is 2.06. The van der Waals surface area contributed by atoms with Crippen LogP contribution in [0.5, 0.6) is 0 Å². The summed E-state index contributed by atoms with van der Waals surface area (Å²) in [6.07, 6.45) is 0.537. The maximum absolute atomic E-state index is 9.09. The summed E-state index contributed by atoms with van der Waals surface area (Å²) in [4.78, 5) is 0. The quantitative estimate of drug-likeness (QED) is 0.504. The molecular weight excluding hydrogens is 269 g/mol. The highest BCUT2D eigenvalue weighted by molar-refractivity contribution is 6.31. The lowest BCUT2D eigenvalue weighted by Gasteiger charge is -2.05. The molecule has 2 aromatic carbocycles. The van der Waals surface area contributed by atoms with E-state index in [1.54, 1.807) is 12.1 Å². The summed E-state index contributed by atoms with van der Waals surface area (Å²) in [5.74, 6) is 0. The third kappa shape index (κ3) is 3.25. The van der Waals surface area contributed by atoms with Crippen LogP contribution in [0, 0.1) is 0 Å². The lowest BCUT2D eigenvalue weighted by molar-refractivity contribution is 0.318. The van der Waals surface area contributed by atoms with E-state index in [2.05, 4.69) is 5.16 Å². The van der Waals surface area contributed by atoms with Crippen LogP contribution in [0.2, 0.25) is 10.0 Å². The summed E-state index contributed by atoms with van der Waals surface area (Å²) in [7, 11) is 0. The molecule has 0 atom stereocenters. The van der Waals surface area contributed by atoms with Gasteiger partial charge in [0.05, 0.1) is 5.71 Å². The van der Waals surface area contributed by atoms with Crippen molar-refractivity contribution >= 4 is 28.9 Å². The average Bonchev–Trinajstić information content (AvgIpc) is 2.39. The Kier molecular flexibility index (Phi) is 4.24. The van der Waals surface area contributed by atoms with Gasteiger partial charge in [-0.1, -0.05) is 52.6 Å². The number of oxime groups is 1. The van der Waals surface area contributed by atoms with Crippen LogP contribution < -0.4 is 0 Å². The van der Waals surface area contributed by atoms with Gasteiger partial charge in [0.1, 0.15) is 0 Å². The summed E-state index contributed by atoms with van der Waals surface area (Å²) in [6.45, 7) is 0. The largest absolute Gasteiger partial charge is 0.411 e. The fourth-order valence-electron chi connectivity index (χ4n) is 1.63. The molecule has 0 radical (unpaired) electrons. The Labute approximate surface area is 115 Å². The van der Waals surface area contributed by atoms with E-state index >= 15 is 0 Å². The first-order valence-electron chi connectivity index (χ1n) is 5.40. The van der Waals surface area contributed by atoms with E-state index in [-0.39, 0.29) is 0 Å². The van der Waals surface area contributed by atoms with E-state index in [1.807, 2.05) is 36.4 Å². The summed E-state index contributed by atoms with van der Waals surface area (Å²) in [5, 5.41) is 13.8. The molecule has 0 unspecified atom stereocenters. The summed E-state index contributed by atoms with van der Waals surface area (Å²) in [6, 6.07) is 14.6. The first-order valence-corrected chi connectivity index (χ1v) is 6.16. The highest BCUT2D eigenvalue weighted by Crippen LogP contribution is 2.15. The third-order valence-electron chi connectivity index (χ3n) is 2.58. The first-order chi connectivity index (χ1) is 8.69. The van der Waals surface area contributed by atoms with Crippen molar-refractivity contribution in [2.45, 2.75) is 6.42 Å². The van der Waals surface area contributed by atoms with Crippen molar-refractivity contribution in [3.05, 3.63) is 69.7 Å². The van der Waals surface area contributed by atoms with Gasteiger partial charge in [-0.05, 0) is 35.4 Å². The van der Waals surface area contributed by atoms with Gasteiger partial charge in [0.15, 0.2) is 0 Å². The number of halogens is 2. The molecule has 2 nitrogen and oxygen atoms in total. The van der Waals surface area contributed by atoms with Crippen LogP contribution in [-0.2, 0) is 6.42 Å². The molecule has 18 heavy (non-hydrogen) atoms. The van der Waals surface area contributed by atoms with Crippen molar-refractivity contribution in [3.63, 3.8) is 0 Å². The molecule has 2 rings (SSSR count). The fourth-order valence-corrected chi connectivity index (χ4v) is 1.89. The molecule has 4 heteroatoms. The second-order valence-electron chi connectivity index (χ2n) is 3.86. The van der Waals surface area contributed by atoms with Crippen molar-refractivity contribution in [2.24, 2.45) is 5.16 Å². The molecule has 0 amide bonds. The lowest BCUT2D eigenvalue weighted by Crippen LogP contribution is -2.05. The van der Waals surface area contributed by atoms with E-state index in [9.17, 15) is 0 Å². The number of rotatable bonds is 3. The van der Waals surface area contributed by atoms with Crippen LogP contribution in [0.15, 0.2) is 53.7 Å². The molecule has 92 valence electrons. The standard InChI is InChI=1S/C14H11Cl2NO/c15-12-5-1-10(2-6-12)9-14(17-18)11-3-7-13(16)8-4-11/h1-8,18H,9H2. The van der Waals surface area contributed by atoms with Crippen LogP contribution in [0.3, 0.4) is 0 Å². The molecule has 2 aromatic rings. The van der Waals surface area contributed by atoms with Crippen molar-refractivity contribution in [3.8, 4) is 0 Å². The van der Waals surface area contributed by atoms with Crippen LogP contribution in [-0.4, -0.2) is 10.9 Å². The molecule has 0 aliphatic heterocycles. The van der Waals surface area contributed by atoms with Gasteiger partial charge in [-0.3, -0.25) is 0 Å². The fraction of sp³-hybridized carbons (Fsp3) is 0.0714. The van der Waals surface area contributed by atoms with E-state index < -0.39 is 0 Å². The molecule has 0 saturated carbocycles. The van der Waals surface area contributed by atoms with Crippen LogP contribution >= 0.6 is 23.2 Å². The van der Waals surface area contributed by atoms with Crippen LogP contribution in [0.1, 0.15) is 11.1 Å². The molecule has 1 N–H and O–H groups in total. The van der Waals surface area contributed by atoms with Gasteiger partial charge in [-0.2, -0.15) is 0 Å². The Hall–Kier alpha value is -1.51. The normalized spacial score (nSPS) is 11.6. The van der Waals surface area contributed by atoms with E-state index in [1.165, 1.54) is 0 Å². The Bertz CT molecular complexity index is 547. The highest BCUT2D eigenvalue weighted by atomic mass is 35.5. The van der Waals surface area contributed by atoms with Gasteiger partial charge in [0.2, 0.25) is 0 Å². The molecule has 0 spiro atoms. The van der Waals surface area contributed by atoms with Crippen molar-refractivity contribution in [1.29, 1.82) is 0 Å². The zero-order chi connectivity index (χ0) is 13.0. The van der Waals surface area contributed by atoms with Crippen LogP contribution in [0.25, 0.3) is 0 Å². The van der Waals surface area contributed by atoms with Gasteiger partial charge in [-0.25, -0.2) is 0 Å². The molecular formula is C14H11Cl2NO. The van der Waals surface area contributed by atoms with Gasteiger partial charge in [-0.15, -0.1) is 0 Å². The minimum absolute atomic E-state index is 0.537. The lowest BCUT2D eigenvalue weighted by atomic mass is 10.0. The van der Waals surface area contributed by atoms with Gasteiger partial charge in [0, 0.05) is 16.5 Å². The molecule has 0 heterocycles. The van der Waals surface area contributed by atoms with Crippen molar-refractivity contribution in [1.82, 2.24) is 0 Å². The van der Waals surface area contributed by atoms with Crippen molar-refractivity contribution in [2.75, 3.05) is 0 Å². The second kappa shape index (κ2) is 5.89. The number of hydrogen-bond donors (Lipinski definition) is 1. The van der Waals surface area contributed by atoms with Crippen molar-refractivity contribution < 1.29 is 5.21 Å². The number of benzene rings is 2. The summed E-state index contributed by atoms with van der Waals surface area (Å²) < 4.78 is 0. The predicted octanol–water partition coefficient (Wildman–Crippen LogP) is 4.41. The molecule has 0 aliphatic carbocycles. The Morgan fingerprint density at radius 3 is 1.89 bits per heavy atom. The van der Waals surface area contributed by atoms with Gasteiger partial charge in [0.25, 0.3) is 0 Å². The summed E-state index contributed by atoms with van der Waals surface area (Å²) >= 11 is 11.6. The SMILES string of the molecule is ON=C(Cc1ccc(Cl)cc1)c1ccc(Cl)cc1. The number of hydrogen-bond acceptors (Lipinski definition) is 2. The van der Waals surface area contributed by atoms with Crippen LogP contribution in [0.4, 0.5) is 0 Å². The topological polar surface area (TPSA) is 32.6 Å². The Morgan fingerprint density at radius 1 is 0.889 bits per heavy atom. The minimum Gasteiger partial charge on any atom is -0.411 e. The van der Waals surface area contributed by atoms with Gasteiger partial charge < -0.3 is 5.21 Å². The average molecular weight is 280 g/mol. The maximum atomic E-state index is 9.09. The smallest absolute Gasteiger partial charge is 0.0911 e. The minimum atomic E-state index is 0.537. The molecule has 0 fully saturated rings. The third-order valence-corrected chi connectivity index (χ3v) is 3.09. The van der Waals surface area contributed by atoms with E-state index in [0.29, 0.717) is 22.2 Å².